The highest BCUT2D eigenvalue weighted by molar-refractivity contribution is 6.31. The summed E-state index contributed by atoms with van der Waals surface area (Å²) >= 11 is 6.25. The Bertz CT molecular complexity index is 384. The van der Waals surface area contributed by atoms with Crippen molar-refractivity contribution in [2.24, 2.45) is 5.73 Å². The van der Waals surface area contributed by atoms with Gasteiger partial charge in [-0.05, 0) is 24.1 Å². The molecule has 4 heteroatoms. The molecule has 2 rings (SSSR count). The number of benzene rings is 1. The van der Waals surface area contributed by atoms with Gasteiger partial charge >= 0.3 is 0 Å². The van der Waals surface area contributed by atoms with Crippen molar-refractivity contribution in [3.05, 3.63) is 34.3 Å². The van der Waals surface area contributed by atoms with Gasteiger partial charge in [0.25, 0.3) is 0 Å². The standard InChI is InChI=1S/C13H19ClN2O/c1-10-2-3-11(13(14)6-10)8-16-4-5-17-9-12(16)7-15/h2-3,6,12H,4-5,7-9,15H2,1H3. The summed E-state index contributed by atoms with van der Waals surface area (Å²) in [5.74, 6) is 0. The van der Waals surface area contributed by atoms with Crippen LogP contribution in [0, 0.1) is 6.92 Å². The minimum Gasteiger partial charge on any atom is -0.378 e. The molecule has 1 fully saturated rings. The van der Waals surface area contributed by atoms with Crippen LogP contribution in [-0.4, -0.2) is 37.2 Å². The number of ether oxygens (including phenoxy) is 1. The van der Waals surface area contributed by atoms with E-state index in [0.717, 1.165) is 36.9 Å². The van der Waals surface area contributed by atoms with Crippen molar-refractivity contribution in [3.63, 3.8) is 0 Å². The summed E-state index contributed by atoms with van der Waals surface area (Å²) in [6, 6.07) is 6.51. The Morgan fingerprint density at radius 1 is 1.53 bits per heavy atom. The average Bonchev–Trinajstić information content (AvgIpc) is 2.33. The highest BCUT2D eigenvalue weighted by Crippen LogP contribution is 2.21. The number of nitrogens with two attached hydrogens (primary N) is 1. The van der Waals surface area contributed by atoms with E-state index in [0.29, 0.717) is 12.6 Å². The molecule has 0 spiro atoms. The van der Waals surface area contributed by atoms with E-state index in [2.05, 4.69) is 17.0 Å². The Balaban J connectivity index is 2.08. The largest absolute Gasteiger partial charge is 0.378 e. The van der Waals surface area contributed by atoms with Crippen LogP contribution in [0.3, 0.4) is 0 Å². The van der Waals surface area contributed by atoms with Crippen LogP contribution < -0.4 is 5.73 Å². The normalized spacial score (nSPS) is 21.7. The maximum absolute atomic E-state index is 6.25. The zero-order valence-corrected chi connectivity index (χ0v) is 10.9. The van der Waals surface area contributed by atoms with E-state index < -0.39 is 0 Å². The van der Waals surface area contributed by atoms with Gasteiger partial charge in [0.05, 0.1) is 13.2 Å². The van der Waals surface area contributed by atoms with Crippen LogP contribution >= 0.6 is 11.6 Å². The van der Waals surface area contributed by atoms with Gasteiger partial charge in [-0.25, -0.2) is 0 Å². The van der Waals surface area contributed by atoms with Crippen LogP contribution in [0.25, 0.3) is 0 Å². The molecule has 3 nitrogen and oxygen atoms in total. The van der Waals surface area contributed by atoms with Crippen molar-refractivity contribution >= 4 is 11.6 Å². The van der Waals surface area contributed by atoms with Crippen LogP contribution in [0.1, 0.15) is 11.1 Å². The Kier molecular flexibility index (Phi) is 4.40. The lowest BCUT2D eigenvalue weighted by atomic mass is 10.1. The molecule has 0 saturated carbocycles. The molecule has 0 radical (unpaired) electrons. The quantitative estimate of drug-likeness (QED) is 0.894. The molecule has 1 aromatic carbocycles. The third-order valence-corrected chi connectivity index (χ3v) is 3.56. The lowest BCUT2D eigenvalue weighted by molar-refractivity contribution is -0.00791. The van der Waals surface area contributed by atoms with Crippen LogP contribution in [0.2, 0.25) is 5.02 Å². The Morgan fingerprint density at radius 3 is 3.06 bits per heavy atom. The summed E-state index contributed by atoms with van der Waals surface area (Å²) in [7, 11) is 0. The maximum atomic E-state index is 6.25. The predicted octanol–water partition coefficient (Wildman–Crippen LogP) is 1.81. The second-order valence-electron chi connectivity index (χ2n) is 4.53. The second-order valence-corrected chi connectivity index (χ2v) is 4.94. The SMILES string of the molecule is Cc1ccc(CN2CCOCC2CN)c(Cl)c1. The third kappa shape index (κ3) is 3.19. The first-order valence-electron chi connectivity index (χ1n) is 5.97. The highest BCUT2D eigenvalue weighted by atomic mass is 35.5. The summed E-state index contributed by atoms with van der Waals surface area (Å²) in [6.45, 7) is 5.95. The third-order valence-electron chi connectivity index (χ3n) is 3.20. The Hall–Kier alpha value is -0.610. The molecule has 17 heavy (non-hydrogen) atoms. The van der Waals surface area contributed by atoms with Gasteiger partial charge in [0.2, 0.25) is 0 Å². The zero-order valence-electron chi connectivity index (χ0n) is 10.2. The Morgan fingerprint density at radius 2 is 2.35 bits per heavy atom. The molecule has 1 aromatic rings. The molecule has 1 aliphatic rings. The van der Waals surface area contributed by atoms with E-state index in [1.165, 1.54) is 5.56 Å². The average molecular weight is 255 g/mol. The number of nitrogens with zero attached hydrogens (tertiary/aromatic N) is 1. The lowest BCUT2D eigenvalue weighted by Crippen LogP contribution is -2.48. The van der Waals surface area contributed by atoms with Gasteiger partial charge in [-0.15, -0.1) is 0 Å². The molecule has 0 aromatic heterocycles. The molecule has 1 heterocycles. The van der Waals surface area contributed by atoms with E-state index in [1.54, 1.807) is 0 Å². The first kappa shape index (κ1) is 12.8. The molecule has 1 unspecified atom stereocenters. The van der Waals surface area contributed by atoms with Crippen LogP contribution in [0.5, 0.6) is 0 Å². The van der Waals surface area contributed by atoms with Gasteiger partial charge in [0.15, 0.2) is 0 Å². The van der Waals surface area contributed by atoms with Gasteiger partial charge in [-0.2, -0.15) is 0 Å². The van der Waals surface area contributed by atoms with Gasteiger partial charge in [-0.1, -0.05) is 23.7 Å². The highest BCUT2D eigenvalue weighted by Gasteiger charge is 2.22. The number of morpholine rings is 1. The van der Waals surface area contributed by atoms with Gasteiger partial charge in [-0.3, -0.25) is 4.90 Å². The van der Waals surface area contributed by atoms with Crippen LogP contribution in [0.4, 0.5) is 0 Å². The van der Waals surface area contributed by atoms with Gasteiger partial charge in [0, 0.05) is 30.7 Å². The topological polar surface area (TPSA) is 38.5 Å². The molecule has 2 N–H and O–H groups in total. The molecule has 1 aliphatic heterocycles. The molecule has 0 amide bonds. The van der Waals surface area contributed by atoms with E-state index >= 15 is 0 Å². The summed E-state index contributed by atoms with van der Waals surface area (Å²) in [5.41, 5.74) is 8.11. The number of hydrogen-bond acceptors (Lipinski definition) is 3. The van der Waals surface area contributed by atoms with Crippen molar-refractivity contribution in [1.82, 2.24) is 4.90 Å². The van der Waals surface area contributed by atoms with E-state index in [-0.39, 0.29) is 0 Å². The summed E-state index contributed by atoms with van der Waals surface area (Å²) in [5, 5.41) is 0.840. The fraction of sp³-hybridized carbons (Fsp3) is 0.538. The number of hydrogen-bond donors (Lipinski definition) is 1. The zero-order chi connectivity index (χ0) is 12.3. The molecule has 0 aliphatic carbocycles. The maximum Gasteiger partial charge on any atom is 0.0634 e. The van der Waals surface area contributed by atoms with Crippen LogP contribution in [0.15, 0.2) is 18.2 Å². The molecular formula is C13H19ClN2O. The molecule has 94 valence electrons. The number of rotatable bonds is 3. The molecular weight excluding hydrogens is 236 g/mol. The smallest absolute Gasteiger partial charge is 0.0634 e. The van der Waals surface area contributed by atoms with E-state index in [4.69, 9.17) is 22.1 Å². The van der Waals surface area contributed by atoms with Crippen molar-refractivity contribution in [2.75, 3.05) is 26.3 Å². The first-order valence-corrected chi connectivity index (χ1v) is 6.35. The van der Waals surface area contributed by atoms with Crippen molar-refractivity contribution < 1.29 is 4.74 Å². The summed E-state index contributed by atoms with van der Waals surface area (Å²) in [6.07, 6.45) is 0. The summed E-state index contributed by atoms with van der Waals surface area (Å²) in [4.78, 5) is 2.35. The molecule has 0 bridgehead atoms. The van der Waals surface area contributed by atoms with E-state index in [9.17, 15) is 0 Å². The number of aryl methyl sites for hydroxylation is 1. The van der Waals surface area contributed by atoms with Crippen molar-refractivity contribution in [1.29, 1.82) is 0 Å². The van der Waals surface area contributed by atoms with Crippen molar-refractivity contribution in [2.45, 2.75) is 19.5 Å². The minimum absolute atomic E-state index is 0.307. The molecule has 1 atom stereocenters. The fourth-order valence-corrected chi connectivity index (χ4v) is 2.41. The van der Waals surface area contributed by atoms with Crippen LogP contribution in [-0.2, 0) is 11.3 Å². The second kappa shape index (κ2) is 5.83. The van der Waals surface area contributed by atoms with Gasteiger partial charge < -0.3 is 10.5 Å². The minimum atomic E-state index is 0.307. The fourth-order valence-electron chi connectivity index (χ4n) is 2.11. The van der Waals surface area contributed by atoms with E-state index in [1.807, 2.05) is 13.0 Å². The Labute approximate surface area is 107 Å². The predicted molar refractivity (Wildman–Crippen MR) is 70.3 cm³/mol. The lowest BCUT2D eigenvalue weighted by Gasteiger charge is -2.35. The van der Waals surface area contributed by atoms with Crippen molar-refractivity contribution in [3.8, 4) is 0 Å². The van der Waals surface area contributed by atoms with Gasteiger partial charge in [0.1, 0.15) is 0 Å². The first-order chi connectivity index (χ1) is 8.20. The summed E-state index contributed by atoms with van der Waals surface area (Å²) < 4.78 is 5.44. The number of halogens is 1. The monoisotopic (exact) mass is 254 g/mol. The molecule has 1 saturated heterocycles.